The average molecular weight is 245 g/mol. The molecule has 0 amide bonds. The highest BCUT2D eigenvalue weighted by atomic mass is 32.2. The molecule has 0 spiro atoms. The molecular formula is C13H15N3S. The summed E-state index contributed by atoms with van der Waals surface area (Å²) in [5.41, 5.74) is 4.05. The Labute approximate surface area is 105 Å². The number of H-pyrrole nitrogens is 1. The largest absolute Gasteiger partial charge is 0.347 e. The summed E-state index contributed by atoms with van der Waals surface area (Å²) in [7, 11) is 0. The third-order valence-electron chi connectivity index (χ3n) is 3.07. The molecule has 0 fully saturated rings. The van der Waals surface area contributed by atoms with Crippen LogP contribution in [0.5, 0.6) is 0 Å². The van der Waals surface area contributed by atoms with Crippen LogP contribution in [0.25, 0.3) is 0 Å². The van der Waals surface area contributed by atoms with E-state index in [-0.39, 0.29) is 0 Å². The van der Waals surface area contributed by atoms with E-state index in [1.165, 1.54) is 11.1 Å². The van der Waals surface area contributed by atoms with Crippen LogP contribution in [0.1, 0.15) is 22.9 Å². The molecular weight excluding hydrogens is 230 g/mol. The van der Waals surface area contributed by atoms with Crippen LogP contribution in [0.2, 0.25) is 0 Å². The smallest absolute Gasteiger partial charge is 0.0922 e. The van der Waals surface area contributed by atoms with Crippen molar-refractivity contribution in [3.05, 3.63) is 53.6 Å². The minimum atomic E-state index is 0.452. The van der Waals surface area contributed by atoms with Gasteiger partial charge in [-0.05, 0) is 11.1 Å². The summed E-state index contributed by atoms with van der Waals surface area (Å²) in [5, 5.41) is 3.59. The molecule has 0 aliphatic carbocycles. The second-order valence-corrected chi connectivity index (χ2v) is 5.25. The van der Waals surface area contributed by atoms with Gasteiger partial charge in [0.05, 0.1) is 6.33 Å². The number of benzene rings is 1. The molecule has 17 heavy (non-hydrogen) atoms. The van der Waals surface area contributed by atoms with Crippen molar-refractivity contribution in [3.63, 3.8) is 0 Å². The fraction of sp³-hybridized carbons (Fsp3) is 0.308. The van der Waals surface area contributed by atoms with Crippen molar-refractivity contribution in [1.29, 1.82) is 0 Å². The molecule has 1 aliphatic heterocycles. The second-order valence-electron chi connectivity index (χ2n) is 4.22. The van der Waals surface area contributed by atoms with Crippen LogP contribution in [0, 0.1) is 0 Å². The van der Waals surface area contributed by atoms with Crippen LogP contribution >= 0.6 is 11.8 Å². The van der Waals surface area contributed by atoms with Crippen LogP contribution in [0.4, 0.5) is 0 Å². The van der Waals surface area contributed by atoms with Crippen LogP contribution in [0.3, 0.4) is 0 Å². The van der Waals surface area contributed by atoms with Crippen molar-refractivity contribution < 1.29 is 0 Å². The zero-order valence-electron chi connectivity index (χ0n) is 9.52. The molecule has 3 rings (SSSR count). The molecule has 2 aromatic rings. The lowest BCUT2D eigenvalue weighted by Gasteiger charge is -2.25. The van der Waals surface area contributed by atoms with Crippen molar-refractivity contribution in [2.45, 2.75) is 18.3 Å². The molecule has 4 heteroatoms. The molecule has 1 atom stereocenters. The van der Waals surface area contributed by atoms with Gasteiger partial charge in [-0.15, -0.1) is 0 Å². The fourth-order valence-corrected chi connectivity index (χ4v) is 3.30. The predicted octanol–water partition coefficient (Wildman–Crippen LogP) is 2.49. The van der Waals surface area contributed by atoms with Crippen molar-refractivity contribution in [2.24, 2.45) is 0 Å². The first kappa shape index (κ1) is 10.9. The maximum Gasteiger partial charge on any atom is 0.0922 e. The Morgan fingerprint density at radius 1 is 1.41 bits per heavy atom. The zero-order valence-corrected chi connectivity index (χ0v) is 10.3. The molecule has 0 saturated heterocycles. The van der Waals surface area contributed by atoms with Gasteiger partial charge in [-0.2, -0.15) is 11.8 Å². The van der Waals surface area contributed by atoms with Crippen LogP contribution < -0.4 is 5.32 Å². The summed E-state index contributed by atoms with van der Waals surface area (Å²) in [6, 6.07) is 9.16. The van der Waals surface area contributed by atoms with Gasteiger partial charge in [0.25, 0.3) is 0 Å². The van der Waals surface area contributed by atoms with Crippen molar-refractivity contribution in [1.82, 2.24) is 15.3 Å². The van der Waals surface area contributed by atoms with Gasteiger partial charge < -0.3 is 10.3 Å². The predicted molar refractivity (Wildman–Crippen MR) is 70.8 cm³/mol. The van der Waals surface area contributed by atoms with E-state index in [2.05, 4.69) is 39.6 Å². The second kappa shape index (κ2) is 4.94. The van der Waals surface area contributed by atoms with E-state index in [9.17, 15) is 0 Å². The molecule has 1 aromatic carbocycles. The number of aromatic nitrogens is 2. The van der Waals surface area contributed by atoms with Crippen molar-refractivity contribution in [3.8, 4) is 0 Å². The third-order valence-corrected chi connectivity index (χ3v) is 4.15. The first-order valence-electron chi connectivity index (χ1n) is 5.79. The lowest BCUT2D eigenvalue weighted by molar-refractivity contribution is 0.569. The monoisotopic (exact) mass is 245 g/mol. The van der Waals surface area contributed by atoms with E-state index in [1.54, 1.807) is 6.33 Å². The standard InChI is InChI=1S/C13H15N3S/c1-2-4-12-10(3-1)7-17-8-13(12)15-6-11-5-14-9-16-11/h1-5,9,13,15H,6-8H2,(H,14,16). The molecule has 2 N–H and O–H groups in total. The SMILES string of the molecule is c1ccc2c(c1)CSCC2NCc1cnc[nH]1. The Hall–Kier alpha value is -1.26. The number of thioether (sulfide) groups is 1. The maximum atomic E-state index is 4.03. The highest BCUT2D eigenvalue weighted by Crippen LogP contribution is 2.31. The van der Waals surface area contributed by atoms with Gasteiger partial charge >= 0.3 is 0 Å². The van der Waals surface area contributed by atoms with Crippen LogP contribution in [-0.4, -0.2) is 15.7 Å². The van der Waals surface area contributed by atoms with E-state index in [4.69, 9.17) is 0 Å². The molecule has 88 valence electrons. The van der Waals surface area contributed by atoms with Crippen LogP contribution in [0.15, 0.2) is 36.8 Å². The molecule has 0 bridgehead atoms. The van der Waals surface area contributed by atoms with E-state index < -0.39 is 0 Å². The number of hydrogen-bond donors (Lipinski definition) is 2. The van der Waals surface area contributed by atoms with Gasteiger partial charge in [-0.25, -0.2) is 4.98 Å². The summed E-state index contributed by atoms with van der Waals surface area (Å²) in [6.45, 7) is 0.847. The number of fused-ring (bicyclic) bond motifs is 1. The number of imidazole rings is 1. The van der Waals surface area contributed by atoms with E-state index in [1.807, 2.05) is 18.0 Å². The van der Waals surface area contributed by atoms with E-state index in [0.717, 1.165) is 23.7 Å². The quantitative estimate of drug-likeness (QED) is 0.873. The maximum absolute atomic E-state index is 4.03. The number of hydrogen-bond acceptors (Lipinski definition) is 3. The van der Waals surface area contributed by atoms with Gasteiger partial charge in [0.2, 0.25) is 0 Å². The van der Waals surface area contributed by atoms with Gasteiger partial charge in [0.1, 0.15) is 0 Å². The van der Waals surface area contributed by atoms with Gasteiger partial charge in [0.15, 0.2) is 0 Å². The minimum absolute atomic E-state index is 0.452. The Balaban J connectivity index is 1.72. The number of nitrogens with one attached hydrogen (secondary N) is 2. The Morgan fingerprint density at radius 2 is 2.35 bits per heavy atom. The summed E-state index contributed by atoms with van der Waals surface area (Å²) < 4.78 is 0. The van der Waals surface area contributed by atoms with E-state index in [0.29, 0.717) is 6.04 Å². The molecule has 2 heterocycles. The van der Waals surface area contributed by atoms with Crippen molar-refractivity contribution in [2.75, 3.05) is 5.75 Å². The lowest BCUT2D eigenvalue weighted by Crippen LogP contribution is -2.26. The summed E-state index contributed by atoms with van der Waals surface area (Å²) in [5.74, 6) is 2.28. The number of aromatic amines is 1. The highest BCUT2D eigenvalue weighted by molar-refractivity contribution is 7.98. The molecule has 1 aliphatic rings. The molecule has 0 saturated carbocycles. The normalized spacial score (nSPS) is 18.9. The molecule has 3 nitrogen and oxygen atoms in total. The number of rotatable bonds is 3. The van der Waals surface area contributed by atoms with Gasteiger partial charge in [-0.1, -0.05) is 24.3 Å². The minimum Gasteiger partial charge on any atom is -0.347 e. The first-order valence-corrected chi connectivity index (χ1v) is 6.95. The zero-order chi connectivity index (χ0) is 11.5. The lowest BCUT2D eigenvalue weighted by atomic mass is 10.0. The molecule has 1 unspecified atom stereocenters. The Bertz CT molecular complexity index is 481. The topological polar surface area (TPSA) is 40.7 Å². The van der Waals surface area contributed by atoms with Crippen LogP contribution in [-0.2, 0) is 12.3 Å². The van der Waals surface area contributed by atoms with Gasteiger partial charge in [-0.3, -0.25) is 0 Å². The number of nitrogens with zero attached hydrogens (tertiary/aromatic N) is 1. The summed E-state index contributed by atoms with van der Waals surface area (Å²) >= 11 is 1.99. The third kappa shape index (κ3) is 2.37. The van der Waals surface area contributed by atoms with Gasteiger partial charge in [0, 0.05) is 36.0 Å². The Morgan fingerprint density at radius 3 is 3.24 bits per heavy atom. The summed E-state index contributed by atoms with van der Waals surface area (Å²) in [6.07, 6.45) is 3.59. The first-order chi connectivity index (χ1) is 8.43. The summed E-state index contributed by atoms with van der Waals surface area (Å²) in [4.78, 5) is 7.15. The molecule has 0 radical (unpaired) electrons. The fourth-order valence-electron chi connectivity index (χ4n) is 2.17. The Kier molecular flexibility index (Phi) is 3.16. The molecule has 1 aromatic heterocycles. The van der Waals surface area contributed by atoms with Crippen molar-refractivity contribution >= 4 is 11.8 Å². The van der Waals surface area contributed by atoms with E-state index >= 15 is 0 Å². The highest BCUT2D eigenvalue weighted by Gasteiger charge is 2.19. The average Bonchev–Trinajstić information content (AvgIpc) is 2.89.